The number of anilines is 2. The monoisotopic (exact) mass is 494 g/mol. The predicted molar refractivity (Wildman–Crippen MR) is 128 cm³/mol. The average Bonchev–Trinajstić information content (AvgIpc) is 3.27. The topological polar surface area (TPSA) is 86.9 Å². The van der Waals surface area contributed by atoms with E-state index in [1.54, 1.807) is 19.1 Å². The Balaban J connectivity index is 1.63. The molecule has 3 heterocycles. The summed E-state index contributed by atoms with van der Waals surface area (Å²) in [5, 5.41) is 12.5. The molecule has 0 amide bonds. The van der Waals surface area contributed by atoms with E-state index in [4.69, 9.17) is 0 Å². The van der Waals surface area contributed by atoms with Crippen molar-refractivity contribution in [2.75, 3.05) is 10.2 Å². The van der Waals surface area contributed by atoms with Gasteiger partial charge in [-0.2, -0.15) is 13.2 Å². The molecule has 4 aromatic rings. The van der Waals surface area contributed by atoms with Crippen molar-refractivity contribution in [3.05, 3.63) is 105 Å². The van der Waals surface area contributed by atoms with Crippen LogP contribution in [-0.4, -0.2) is 20.5 Å². The standard InChI is InChI=1S/C26H21F3N4O3/c1-15(30-21-9-5-4-8-19(21)25(35)36)20-10-18(26(27,28)29)14-33-23(34)11-22(31-24(20)33)32-12-16-6-2-3-7-17(16)13-32/h2-11,14-15,30H,12-13H2,1H3,(H,35,36)/t15-/m1/s1. The minimum absolute atomic E-state index is 0.0266. The Morgan fingerprint density at radius 1 is 1.06 bits per heavy atom. The number of fused-ring (bicyclic) bond motifs is 2. The predicted octanol–water partition coefficient (Wildman–Crippen LogP) is 5.10. The molecule has 0 spiro atoms. The molecular weight excluding hydrogens is 473 g/mol. The number of para-hydroxylation sites is 1. The Morgan fingerprint density at radius 2 is 1.69 bits per heavy atom. The van der Waals surface area contributed by atoms with Crippen LogP contribution in [0.4, 0.5) is 24.7 Å². The third-order valence-electron chi connectivity index (χ3n) is 6.26. The zero-order chi connectivity index (χ0) is 25.6. The van der Waals surface area contributed by atoms with Gasteiger partial charge in [0.05, 0.1) is 17.2 Å². The Morgan fingerprint density at radius 3 is 2.33 bits per heavy atom. The van der Waals surface area contributed by atoms with Gasteiger partial charge in [-0.3, -0.25) is 9.20 Å². The number of alkyl halides is 3. The third kappa shape index (κ3) is 4.26. The highest BCUT2D eigenvalue weighted by Gasteiger charge is 2.33. The highest BCUT2D eigenvalue weighted by molar-refractivity contribution is 5.94. The zero-order valence-electron chi connectivity index (χ0n) is 19.1. The van der Waals surface area contributed by atoms with E-state index in [1.807, 2.05) is 29.2 Å². The van der Waals surface area contributed by atoms with Gasteiger partial charge in [0.15, 0.2) is 0 Å². The van der Waals surface area contributed by atoms with Crippen LogP contribution in [0.1, 0.15) is 45.6 Å². The first-order chi connectivity index (χ1) is 17.1. The molecule has 36 heavy (non-hydrogen) atoms. The number of nitrogens with one attached hydrogen (secondary N) is 1. The molecule has 2 N–H and O–H groups in total. The molecule has 0 radical (unpaired) electrons. The Bertz CT molecular complexity index is 1520. The first kappa shape index (κ1) is 23.4. The van der Waals surface area contributed by atoms with Crippen molar-refractivity contribution in [3.8, 4) is 0 Å². The van der Waals surface area contributed by atoms with Crippen molar-refractivity contribution in [2.45, 2.75) is 32.2 Å². The Labute approximate surface area is 203 Å². The van der Waals surface area contributed by atoms with Crippen LogP contribution >= 0.6 is 0 Å². The van der Waals surface area contributed by atoms with Crippen LogP contribution in [0.5, 0.6) is 0 Å². The number of carbonyl (C=O) groups is 1. The van der Waals surface area contributed by atoms with E-state index >= 15 is 0 Å². The van der Waals surface area contributed by atoms with E-state index in [2.05, 4.69) is 10.3 Å². The number of pyridine rings is 1. The number of carboxylic acid groups (broad SMARTS) is 1. The Hall–Kier alpha value is -4.34. The van der Waals surface area contributed by atoms with Gasteiger partial charge in [-0.1, -0.05) is 36.4 Å². The smallest absolute Gasteiger partial charge is 0.417 e. The van der Waals surface area contributed by atoms with Gasteiger partial charge in [0.1, 0.15) is 11.5 Å². The van der Waals surface area contributed by atoms with Crippen molar-refractivity contribution in [2.24, 2.45) is 0 Å². The van der Waals surface area contributed by atoms with Crippen LogP contribution in [0.3, 0.4) is 0 Å². The molecule has 2 aromatic carbocycles. The van der Waals surface area contributed by atoms with Crippen LogP contribution in [-0.2, 0) is 19.3 Å². The fraction of sp³-hybridized carbons (Fsp3) is 0.192. The molecule has 7 nitrogen and oxygen atoms in total. The van der Waals surface area contributed by atoms with Crippen molar-refractivity contribution in [1.29, 1.82) is 0 Å². The van der Waals surface area contributed by atoms with Gasteiger partial charge in [-0.15, -0.1) is 0 Å². The number of aromatic nitrogens is 2. The van der Waals surface area contributed by atoms with E-state index in [0.29, 0.717) is 18.9 Å². The second-order valence-corrected chi connectivity index (χ2v) is 8.67. The summed E-state index contributed by atoms with van der Waals surface area (Å²) in [6.07, 6.45) is -3.95. The minimum Gasteiger partial charge on any atom is -0.478 e. The van der Waals surface area contributed by atoms with Gasteiger partial charge in [0.2, 0.25) is 0 Å². The van der Waals surface area contributed by atoms with Gasteiger partial charge in [-0.05, 0) is 36.2 Å². The molecule has 0 bridgehead atoms. The number of benzene rings is 2. The van der Waals surface area contributed by atoms with Crippen molar-refractivity contribution >= 4 is 23.1 Å². The summed E-state index contributed by atoms with van der Waals surface area (Å²) in [5.41, 5.74) is 0.921. The molecule has 0 fully saturated rings. The number of rotatable bonds is 5. The van der Waals surface area contributed by atoms with Crippen LogP contribution in [0.25, 0.3) is 5.65 Å². The van der Waals surface area contributed by atoms with Gasteiger partial charge >= 0.3 is 12.1 Å². The van der Waals surface area contributed by atoms with Crippen LogP contribution < -0.4 is 15.8 Å². The third-order valence-corrected chi connectivity index (χ3v) is 6.26. The normalized spacial score (nSPS) is 14.1. The number of hydrogen-bond donors (Lipinski definition) is 2. The summed E-state index contributed by atoms with van der Waals surface area (Å²) in [7, 11) is 0. The maximum atomic E-state index is 13.7. The molecule has 2 aromatic heterocycles. The van der Waals surface area contributed by atoms with E-state index in [1.165, 1.54) is 18.2 Å². The van der Waals surface area contributed by atoms with E-state index in [0.717, 1.165) is 27.8 Å². The number of halogens is 3. The summed E-state index contributed by atoms with van der Waals surface area (Å²) in [6, 6.07) is 15.3. The first-order valence-corrected chi connectivity index (χ1v) is 11.2. The van der Waals surface area contributed by atoms with E-state index < -0.39 is 29.3 Å². The quantitative estimate of drug-likeness (QED) is 0.401. The molecule has 0 saturated heterocycles. The zero-order valence-corrected chi connectivity index (χ0v) is 19.1. The molecule has 1 atom stereocenters. The summed E-state index contributed by atoms with van der Waals surface area (Å²) in [4.78, 5) is 31.1. The molecule has 0 unspecified atom stereocenters. The lowest BCUT2D eigenvalue weighted by atomic mass is 10.1. The number of carboxylic acids is 1. The number of hydrogen-bond acceptors (Lipinski definition) is 5. The maximum absolute atomic E-state index is 13.7. The second-order valence-electron chi connectivity index (χ2n) is 8.67. The molecule has 0 aliphatic carbocycles. The first-order valence-electron chi connectivity index (χ1n) is 11.2. The summed E-state index contributed by atoms with van der Waals surface area (Å²) in [6.45, 7) is 2.64. The molecule has 184 valence electrons. The highest BCUT2D eigenvalue weighted by Crippen LogP contribution is 2.34. The lowest BCUT2D eigenvalue weighted by Crippen LogP contribution is -2.24. The minimum atomic E-state index is -4.70. The molecule has 5 rings (SSSR count). The van der Waals surface area contributed by atoms with Crippen LogP contribution in [0, 0.1) is 0 Å². The maximum Gasteiger partial charge on any atom is 0.417 e. The van der Waals surface area contributed by atoms with Gasteiger partial charge in [-0.25, -0.2) is 9.78 Å². The molecule has 1 aliphatic rings. The van der Waals surface area contributed by atoms with Crippen LogP contribution in [0.15, 0.2) is 71.7 Å². The molecule has 10 heteroatoms. The van der Waals surface area contributed by atoms with E-state index in [9.17, 15) is 27.9 Å². The number of nitrogens with zero attached hydrogens (tertiary/aromatic N) is 3. The SMILES string of the molecule is C[C@@H](Nc1ccccc1C(=O)O)c1cc(C(F)(F)F)cn2c(=O)cc(N3Cc4ccccc4C3)nc12. The van der Waals surface area contributed by atoms with Gasteiger partial charge in [0, 0.05) is 36.6 Å². The van der Waals surface area contributed by atoms with Gasteiger partial charge in [0.25, 0.3) is 5.56 Å². The van der Waals surface area contributed by atoms with Crippen molar-refractivity contribution in [1.82, 2.24) is 9.38 Å². The number of aromatic carboxylic acids is 1. The summed E-state index contributed by atoms with van der Waals surface area (Å²) in [5.74, 6) is -0.820. The van der Waals surface area contributed by atoms with Crippen molar-refractivity contribution < 1.29 is 23.1 Å². The summed E-state index contributed by atoms with van der Waals surface area (Å²) >= 11 is 0. The highest BCUT2D eigenvalue weighted by atomic mass is 19.4. The molecule has 0 saturated carbocycles. The molecule has 1 aliphatic heterocycles. The fourth-order valence-electron chi connectivity index (χ4n) is 4.45. The fourth-order valence-corrected chi connectivity index (χ4v) is 4.45. The lowest BCUT2D eigenvalue weighted by Gasteiger charge is -2.22. The summed E-state index contributed by atoms with van der Waals surface area (Å²) < 4.78 is 42.1. The average molecular weight is 494 g/mol. The van der Waals surface area contributed by atoms with Crippen LogP contribution in [0.2, 0.25) is 0 Å². The van der Waals surface area contributed by atoms with E-state index in [-0.39, 0.29) is 22.5 Å². The van der Waals surface area contributed by atoms with Crippen molar-refractivity contribution in [3.63, 3.8) is 0 Å². The molecular formula is C26H21F3N4O3. The second kappa shape index (κ2) is 8.71. The lowest BCUT2D eigenvalue weighted by molar-refractivity contribution is -0.137. The Kier molecular flexibility index (Phi) is 5.66. The van der Waals surface area contributed by atoms with Gasteiger partial charge < -0.3 is 15.3 Å². The largest absolute Gasteiger partial charge is 0.478 e.